The van der Waals surface area contributed by atoms with Crippen LogP contribution in [0.5, 0.6) is 0 Å². The van der Waals surface area contributed by atoms with Crippen molar-refractivity contribution in [3.8, 4) is 0 Å². The number of carbonyl (C=O) groups is 1. The van der Waals surface area contributed by atoms with Crippen LogP contribution in [0.3, 0.4) is 0 Å². The van der Waals surface area contributed by atoms with Crippen LogP contribution in [0.4, 0.5) is 0 Å². The second-order valence-corrected chi connectivity index (χ2v) is 3.12. The Morgan fingerprint density at radius 1 is 1.43 bits per heavy atom. The first-order valence-electron chi connectivity index (χ1n) is 4.30. The third-order valence-electron chi connectivity index (χ3n) is 1.83. The first kappa shape index (κ1) is 10.8. The third kappa shape index (κ3) is 3.23. The molecular formula is C11H12ClNO. The number of nitrogens with one attached hydrogen (secondary N) is 1. The van der Waals surface area contributed by atoms with E-state index in [-0.39, 0.29) is 11.8 Å². The average molecular weight is 210 g/mol. The molecule has 0 aromatic heterocycles. The minimum atomic E-state index is -0.153. The van der Waals surface area contributed by atoms with Gasteiger partial charge in [0.05, 0.1) is 0 Å². The maximum atomic E-state index is 10.8. The molecule has 0 heterocycles. The van der Waals surface area contributed by atoms with E-state index < -0.39 is 0 Å². The summed E-state index contributed by atoms with van der Waals surface area (Å²) < 4.78 is 0. The topological polar surface area (TPSA) is 29.1 Å². The summed E-state index contributed by atoms with van der Waals surface area (Å²) in [6.07, 6.45) is 1.78. The third-order valence-corrected chi connectivity index (χ3v) is 2.07. The predicted molar refractivity (Wildman–Crippen MR) is 59.1 cm³/mol. The molecule has 0 atom stereocenters. The van der Waals surface area contributed by atoms with Gasteiger partial charge in [-0.1, -0.05) is 36.9 Å². The van der Waals surface area contributed by atoms with Gasteiger partial charge in [-0.15, -0.1) is 11.6 Å². The SMILES string of the molecule is C=Cc1ccc(CNC(=O)CCl)cc1. The Labute approximate surface area is 88.6 Å². The fourth-order valence-corrected chi connectivity index (χ4v) is 1.11. The number of rotatable bonds is 4. The average Bonchev–Trinajstić information content (AvgIpc) is 2.26. The van der Waals surface area contributed by atoms with E-state index >= 15 is 0 Å². The lowest BCUT2D eigenvalue weighted by Gasteiger charge is -2.03. The normalized spacial score (nSPS) is 9.50. The highest BCUT2D eigenvalue weighted by Gasteiger charge is 1.97. The summed E-state index contributed by atoms with van der Waals surface area (Å²) >= 11 is 5.34. The van der Waals surface area contributed by atoms with E-state index in [1.54, 1.807) is 6.08 Å². The molecule has 1 aromatic rings. The number of alkyl halides is 1. The van der Waals surface area contributed by atoms with Crippen molar-refractivity contribution < 1.29 is 4.79 Å². The molecule has 1 amide bonds. The number of carbonyl (C=O) groups excluding carboxylic acids is 1. The molecule has 0 saturated carbocycles. The molecule has 14 heavy (non-hydrogen) atoms. The molecule has 1 N–H and O–H groups in total. The lowest BCUT2D eigenvalue weighted by atomic mass is 10.1. The summed E-state index contributed by atoms with van der Waals surface area (Å²) in [6, 6.07) is 7.81. The number of benzene rings is 1. The van der Waals surface area contributed by atoms with E-state index in [0.29, 0.717) is 6.54 Å². The standard InChI is InChI=1S/C11H12ClNO/c1-2-9-3-5-10(6-4-9)8-13-11(14)7-12/h2-6H,1,7-8H2,(H,13,14). The van der Waals surface area contributed by atoms with Gasteiger partial charge in [-0.05, 0) is 11.1 Å². The molecule has 74 valence electrons. The van der Waals surface area contributed by atoms with Crippen molar-refractivity contribution in [3.05, 3.63) is 42.0 Å². The first-order chi connectivity index (χ1) is 6.76. The Bertz CT molecular complexity index is 319. The van der Waals surface area contributed by atoms with Crippen LogP contribution in [-0.4, -0.2) is 11.8 Å². The lowest BCUT2D eigenvalue weighted by Crippen LogP contribution is -2.23. The Hall–Kier alpha value is -1.28. The van der Waals surface area contributed by atoms with Gasteiger partial charge >= 0.3 is 0 Å². The summed E-state index contributed by atoms with van der Waals surface area (Å²) in [5, 5.41) is 2.69. The highest BCUT2D eigenvalue weighted by atomic mass is 35.5. The Kier molecular flexibility index (Phi) is 4.20. The van der Waals surface area contributed by atoms with Gasteiger partial charge in [0.25, 0.3) is 0 Å². The quantitative estimate of drug-likeness (QED) is 0.757. The maximum absolute atomic E-state index is 10.8. The van der Waals surface area contributed by atoms with Crippen molar-refractivity contribution in [3.63, 3.8) is 0 Å². The number of amides is 1. The van der Waals surface area contributed by atoms with Gasteiger partial charge in [-0.25, -0.2) is 0 Å². The van der Waals surface area contributed by atoms with Gasteiger partial charge in [0.1, 0.15) is 5.88 Å². The molecule has 0 fully saturated rings. The van der Waals surface area contributed by atoms with E-state index in [9.17, 15) is 4.79 Å². The molecule has 0 spiro atoms. The highest BCUT2D eigenvalue weighted by Crippen LogP contribution is 2.04. The molecule has 0 unspecified atom stereocenters. The fraction of sp³-hybridized carbons (Fsp3) is 0.182. The lowest BCUT2D eigenvalue weighted by molar-refractivity contribution is -0.118. The zero-order chi connectivity index (χ0) is 10.4. The van der Waals surface area contributed by atoms with Crippen molar-refractivity contribution >= 4 is 23.6 Å². The van der Waals surface area contributed by atoms with Crippen LogP contribution in [0.2, 0.25) is 0 Å². The van der Waals surface area contributed by atoms with Gasteiger partial charge < -0.3 is 5.32 Å². The molecule has 0 aliphatic heterocycles. The molecule has 0 aliphatic carbocycles. The zero-order valence-electron chi connectivity index (χ0n) is 7.79. The summed E-state index contributed by atoms with van der Waals surface area (Å²) in [6.45, 7) is 4.18. The summed E-state index contributed by atoms with van der Waals surface area (Å²) in [4.78, 5) is 10.8. The second-order valence-electron chi connectivity index (χ2n) is 2.86. The van der Waals surface area contributed by atoms with Crippen LogP contribution < -0.4 is 5.32 Å². The minimum Gasteiger partial charge on any atom is -0.351 e. The molecule has 0 saturated heterocycles. The van der Waals surface area contributed by atoms with Gasteiger partial charge in [0, 0.05) is 6.54 Å². The van der Waals surface area contributed by atoms with Crippen LogP contribution in [-0.2, 0) is 11.3 Å². The van der Waals surface area contributed by atoms with E-state index in [1.807, 2.05) is 24.3 Å². The van der Waals surface area contributed by atoms with E-state index in [0.717, 1.165) is 11.1 Å². The van der Waals surface area contributed by atoms with E-state index in [1.165, 1.54) is 0 Å². The monoisotopic (exact) mass is 209 g/mol. The van der Waals surface area contributed by atoms with Crippen LogP contribution in [0.25, 0.3) is 6.08 Å². The Morgan fingerprint density at radius 3 is 2.57 bits per heavy atom. The number of halogens is 1. The van der Waals surface area contributed by atoms with Crippen molar-refractivity contribution in [1.82, 2.24) is 5.32 Å². The van der Waals surface area contributed by atoms with Crippen LogP contribution in [0, 0.1) is 0 Å². The highest BCUT2D eigenvalue weighted by molar-refractivity contribution is 6.27. The number of hydrogen-bond donors (Lipinski definition) is 1. The second kappa shape index (κ2) is 5.45. The first-order valence-corrected chi connectivity index (χ1v) is 4.83. The molecule has 0 radical (unpaired) electrons. The summed E-state index contributed by atoms with van der Waals surface area (Å²) in [5.74, 6) is -0.149. The van der Waals surface area contributed by atoms with E-state index in [2.05, 4.69) is 11.9 Å². The van der Waals surface area contributed by atoms with Crippen LogP contribution >= 0.6 is 11.6 Å². The molecular weight excluding hydrogens is 198 g/mol. The Balaban J connectivity index is 2.51. The van der Waals surface area contributed by atoms with E-state index in [4.69, 9.17) is 11.6 Å². The van der Waals surface area contributed by atoms with Gasteiger partial charge in [-0.3, -0.25) is 4.79 Å². The van der Waals surface area contributed by atoms with Crippen molar-refractivity contribution in [2.75, 3.05) is 5.88 Å². The number of hydrogen-bond acceptors (Lipinski definition) is 1. The maximum Gasteiger partial charge on any atom is 0.235 e. The van der Waals surface area contributed by atoms with Crippen molar-refractivity contribution in [2.45, 2.75) is 6.54 Å². The van der Waals surface area contributed by atoms with Gasteiger partial charge in [-0.2, -0.15) is 0 Å². The van der Waals surface area contributed by atoms with Crippen LogP contribution in [0.15, 0.2) is 30.8 Å². The summed E-state index contributed by atoms with van der Waals surface area (Å²) in [7, 11) is 0. The van der Waals surface area contributed by atoms with Gasteiger partial charge in [0.2, 0.25) is 5.91 Å². The Morgan fingerprint density at radius 2 is 2.07 bits per heavy atom. The molecule has 0 bridgehead atoms. The largest absolute Gasteiger partial charge is 0.351 e. The predicted octanol–water partition coefficient (Wildman–Crippen LogP) is 2.18. The minimum absolute atomic E-state index is 0.00470. The zero-order valence-corrected chi connectivity index (χ0v) is 8.55. The molecule has 3 heteroatoms. The van der Waals surface area contributed by atoms with Crippen molar-refractivity contribution in [2.24, 2.45) is 0 Å². The van der Waals surface area contributed by atoms with Gasteiger partial charge in [0.15, 0.2) is 0 Å². The molecule has 1 rings (SSSR count). The smallest absolute Gasteiger partial charge is 0.235 e. The molecule has 2 nitrogen and oxygen atoms in total. The molecule has 0 aliphatic rings. The molecule has 1 aromatic carbocycles. The van der Waals surface area contributed by atoms with Crippen LogP contribution in [0.1, 0.15) is 11.1 Å². The van der Waals surface area contributed by atoms with Crippen molar-refractivity contribution in [1.29, 1.82) is 0 Å². The summed E-state index contributed by atoms with van der Waals surface area (Å²) in [5.41, 5.74) is 2.12. The fourth-order valence-electron chi connectivity index (χ4n) is 1.02.